The van der Waals surface area contributed by atoms with Crippen LogP contribution in [0.3, 0.4) is 0 Å². The van der Waals surface area contributed by atoms with Crippen molar-refractivity contribution in [3.63, 3.8) is 0 Å². The van der Waals surface area contributed by atoms with Gasteiger partial charge in [-0.25, -0.2) is 9.97 Å². The van der Waals surface area contributed by atoms with E-state index in [1.807, 2.05) is 24.3 Å². The van der Waals surface area contributed by atoms with Crippen LogP contribution in [0.4, 0.5) is 0 Å². The summed E-state index contributed by atoms with van der Waals surface area (Å²) >= 11 is 3.81. The van der Waals surface area contributed by atoms with Gasteiger partial charge in [-0.05, 0) is 40.3 Å². The summed E-state index contributed by atoms with van der Waals surface area (Å²) in [5.41, 5.74) is 0.918. The topological polar surface area (TPSA) is 46.0 Å². The molecule has 1 N–H and O–H groups in total. The van der Waals surface area contributed by atoms with Crippen LogP contribution in [0.25, 0.3) is 0 Å². The maximum atomic E-state index is 8.93. The largest absolute Gasteiger partial charge is 0.392 e. The first-order valence-electron chi connectivity index (χ1n) is 4.63. The van der Waals surface area contributed by atoms with Gasteiger partial charge in [0.2, 0.25) is 0 Å². The maximum Gasteiger partial charge on any atom is 0.118 e. The first kappa shape index (κ1) is 11.8. The molecule has 0 saturated heterocycles. The zero-order valence-corrected chi connectivity index (χ0v) is 11.3. The van der Waals surface area contributed by atoms with E-state index in [1.165, 1.54) is 0 Å². The van der Waals surface area contributed by atoms with Crippen molar-refractivity contribution in [2.24, 2.45) is 0 Å². The number of aliphatic hydroxyl groups excluding tert-OH is 1. The second kappa shape index (κ2) is 5.60. The lowest BCUT2D eigenvalue weighted by atomic mass is 10.2. The summed E-state index contributed by atoms with van der Waals surface area (Å²) < 4.78 is 1.04. The molecule has 0 saturated carbocycles. The Morgan fingerprint density at radius 3 is 2.62 bits per heavy atom. The van der Waals surface area contributed by atoms with Gasteiger partial charge in [0, 0.05) is 11.1 Å². The number of benzene rings is 1. The minimum absolute atomic E-state index is 0.0794. The van der Waals surface area contributed by atoms with Crippen molar-refractivity contribution in [2.75, 3.05) is 0 Å². The summed E-state index contributed by atoms with van der Waals surface area (Å²) in [5.74, 6) is 0. The van der Waals surface area contributed by atoms with Gasteiger partial charge >= 0.3 is 0 Å². The highest BCUT2D eigenvalue weighted by atomic mass is 127. The summed E-state index contributed by atoms with van der Waals surface area (Å²) in [6.07, 6.45) is 3.34. The molecule has 82 valence electrons. The molecule has 3 nitrogen and oxygen atoms in total. The first-order valence-corrected chi connectivity index (χ1v) is 6.52. The molecule has 0 spiro atoms. The summed E-state index contributed by atoms with van der Waals surface area (Å²) in [6.45, 7) is 0.0794. The molecule has 2 aromatic rings. The fourth-order valence-corrected chi connectivity index (χ4v) is 2.53. The highest BCUT2D eigenvalue weighted by Crippen LogP contribution is 2.28. The number of hydrogen-bond donors (Lipinski definition) is 1. The molecule has 0 radical (unpaired) electrons. The van der Waals surface area contributed by atoms with Gasteiger partial charge in [0.05, 0.1) is 10.2 Å². The Kier molecular flexibility index (Phi) is 4.14. The average Bonchev–Trinajstić information content (AvgIpc) is 2.33. The van der Waals surface area contributed by atoms with E-state index in [4.69, 9.17) is 5.11 Å². The number of hydrogen-bond acceptors (Lipinski definition) is 4. The smallest absolute Gasteiger partial charge is 0.118 e. The quantitative estimate of drug-likeness (QED) is 0.687. The molecule has 0 fully saturated rings. The number of nitrogens with zero attached hydrogens (tertiary/aromatic N) is 2. The molecule has 0 aliphatic carbocycles. The van der Waals surface area contributed by atoms with E-state index >= 15 is 0 Å². The van der Waals surface area contributed by atoms with Gasteiger partial charge in [0.15, 0.2) is 0 Å². The van der Waals surface area contributed by atoms with Gasteiger partial charge in [0.25, 0.3) is 0 Å². The lowest BCUT2D eigenvalue weighted by Crippen LogP contribution is -1.87. The maximum absolute atomic E-state index is 8.93. The second-order valence-electron chi connectivity index (χ2n) is 3.08. The van der Waals surface area contributed by atoms with Gasteiger partial charge < -0.3 is 5.11 Å². The molecule has 1 heterocycles. The summed E-state index contributed by atoms with van der Waals surface area (Å²) in [4.78, 5) is 9.27. The van der Waals surface area contributed by atoms with Crippen molar-refractivity contribution in [3.05, 3.63) is 45.9 Å². The lowest BCUT2D eigenvalue weighted by molar-refractivity contribution is 0.282. The Balaban J connectivity index is 2.18. The van der Waals surface area contributed by atoms with E-state index in [-0.39, 0.29) is 6.61 Å². The number of aliphatic hydroxyl groups is 1. The standard InChI is InChI=1S/C11H9IN2OS/c12-10-5-13-7-14-11(10)16-9-3-1-8(6-15)2-4-9/h1-5,7,15H,6H2. The molecule has 0 aliphatic heterocycles. The summed E-state index contributed by atoms with van der Waals surface area (Å²) in [6, 6.07) is 7.79. The monoisotopic (exact) mass is 344 g/mol. The molecule has 0 aliphatic rings. The molecule has 5 heteroatoms. The second-order valence-corrected chi connectivity index (χ2v) is 5.30. The SMILES string of the molecule is OCc1ccc(Sc2ncncc2I)cc1. The lowest BCUT2D eigenvalue weighted by Gasteiger charge is -2.03. The van der Waals surface area contributed by atoms with Gasteiger partial charge in [0.1, 0.15) is 11.4 Å². The fourth-order valence-electron chi connectivity index (χ4n) is 1.15. The van der Waals surface area contributed by atoms with Crippen molar-refractivity contribution in [1.29, 1.82) is 0 Å². The van der Waals surface area contributed by atoms with Crippen LogP contribution in [0.5, 0.6) is 0 Å². The van der Waals surface area contributed by atoms with Crippen LogP contribution in [-0.4, -0.2) is 15.1 Å². The molecule has 1 aromatic carbocycles. The van der Waals surface area contributed by atoms with Crippen molar-refractivity contribution >= 4 is 34.4 Å². The highest BCUT2D eigenvalue weighted by Gasteiger charge is 2.03. The number of rotatable bonds is 3. The summed E-state index contributed by atoms with van der Waals surface area (Å²) in [7, 11) is 0. The van der Waals surface area contributed by atoms with Crippen LogP contribution in [0.1, 0.15) is 5.56 Å². The zero-order chi connectivity index (χ0) is 11.4. The Hall–Kier alpha value is -0.660. The van der Waals surface area contributed by atoms with E-state index in [0.29, 0.717) is 0 Å². The van der Waals surface area contributed by atoms with Crippen LogP contribution in [-0.2, 0) is 6.61 Å². The molecule has 0 amide bonds. The minimum atomic E-state index is 0.0794. The van der Waals surface area contributed by atoms with E-state index in [1.54, 1.807) is 24.3 Å². The third-order valence-corrected chi connectivity index (χ3v) is 4.14. The van der Waals surface area contributed by atoms with Crippen LogP contribution >= 0.6 is 34.4 Å². The number of halogens is 1. The van der Waals surface area contributed by atoms with Crippen molar-refractivity contribution in [3.8, 4) is 0 Å². The molecular weight excluding hydrogens is 335 g/mol. The molecule has 1 aromatic heterocycles. The fraction of sp³-hybridized carbons (Fsp3) is 0.0909. The predicted octanol–water partition coefficient (Wildman–Crippen LogP) is 2.72. The predicted molar refractivity (Wildman–Crippen MR) is 71.2 cm³/mol. The molecule has 16 heavy (non-hydrogen) atoms. The minimum Gasteiger partial charge on any atom is -0.392 e. The Morgan fingerprint density at radius 2 is 2.00 bits per heavy atom. The normalized spacial score (nSPS) is 10.4. The first-order chi connectivity index (χ1) is 7.79. The summed E-state index contributed by atoms with van der Waals surface area (Å²) in [5, 5.41) is 9.88. The number of aromatic nitrogens is 2. The van der Waals surface area contributed by atoms with E-state index < -0.39 is 0 Å². The molecule has 0 unspecified atom stereocenters. The third-order valence-electron chi connectivity index (χ3n) is 1.95. The van der Waals surface area contributed by atoms with Crippen LogP contribution in [0.2, 0.25) is 0 Å². The average molecular weight is 344 g/mol. The molecule has 2 rings (SSSR count). The van der Waals surface area contributed by atoms with Crippen LogP contribution in [0.15, 0.2) is 46.7 Å². The Bertz CT molecular complexity index is 476. The molecule has 0 atom stereocenters. The molecule has 0 bridgehead atoms. The van der Waals surface area contributed by atoms with Crippen molar-refractivity contribution in [1.82, 2.24) is 9.97 Å². The van der Waals surface area contributed by atoms with Crippen LogP contribution < -0.4 is 0 Å². The van der Waals surface area contributed by atoms with Crippen LogP contribution in [0, 0.1) is 3.57 Å². The van der Waals surface area contributed by atoms with E-state index in [2.05, 4.69) is 32.6 Å². The zero-order valence-electron chi connectivity index (χ0n) is 8.30. The van der Waals surface area contributed by atoms with Crippen molar-refractivity contribution < 1.29 is 5.11 Å². The van der Waals surface area contributed by atoms with E-state index in [0.717, 1.165) is 19.1 Å². The third kappa shape index (κ3) is 2.93. The Labute approximate surface area is 111 Å². The van der Waals surface area contributed by atoms with Gasteiger partial charge in [-0.3, -0.25) is 0 Å². The van der Waals surface area contributed by atoms with Gasteiger partial charge in [-0.15, -0.1) is 0 Å². The molecular formula is C11H9IN2OS. The van der Waals surface area contributed by atoms with Crippen molar-refractivity contribution in [2.45, 2.75) is 16.5 Å². The van der Waals surface area contributed by atoms with Gasteiger partial charge in [-0.2, -0.15) is 0 Å². The highest BCUT2D eigenvalue weighted by molar-refractivity contribution is 14.1. The Morgan fingerprint density at radius 1 is 1.25 bits per heavy atom. The van der Waals surface area contributed by atoms with Gasteiger partial charge in [-0.1, -0.05) is 23.9 Å². The van der Waals surface area contributed by atoms with E-state index in [9.17, 15) is 0 Å².